The van der Waals surface area contributed by atoms with Gasteiger partial charge in [-0.05, 0) is 25.8 Å². The lowest BCUT2D eigenvalue weighted by Gasteiger charge is -2.15. The van der Waals surface area contributed by atoms with E-state index in [4.69, 9.17) is 4.74 Å². The summed E-state index contributed by atoms with van der Waals surface area (Å²) in [6, 6.07) is 9.38. The molecule has 0 bridgehead atoms. The van der Waals surface area contributed by atoms with Gasteiger partial charge in [0.25, 0.3) is 0 Å². The maximum absolute atomic E-state index is 12.3. The fourth-order valence-corrected chi connectivity index (χ4v) is 1.80. The highest BCUT2D eigenvalue weighted by Gasteiger charge is 2.16. The van der Waals surface area contributed by atoms with Gasteiger partial charge in [-0.2, -0.15) is 0 Å². The van der Waals surface area contributed by atoms with Crippen LogP contribution in [0.15, 0.2) is 41.5 Å². The highest BCUT2D eigenvalue weighted by Crippen LogP contribution is 2.19. The predicted molar refractivity (Wildman–Crippen MR) is 70.2 cm³/mol. The third-order valence-corrected chi connectivity index (χ3v) is 3.10. The van der Waals surface area contributed by atoms with Crippen LogP contribution in [0.2, 0.25) is 0 Å². The maximum atomic E-state index is 12.3. The van der Waals surface area contributed by atoms with Crippen LogP contribution in [-0.4, -0.2) is 19.0 Å². The van der Waals surface area contributed by atoms with Crippen molar-refractivity contribution in [3.63, 3.8) is 0 Å². The largest absolute Gasteiger partial charge is 0.377 e. The highest BCUT2D eigenvalue weighted by molar-refractivity contribution is 6.09. The quantitative estimate of drug-likeness (QED) is 0.572. The Kier molecular flexibility index (Phi) is 5.11. The first-order chi connectivity index (χ1) is 8.11. The van der Waals surface area contributed by atoms with E-state index in [1.54, 1.807) is 7.11 Å². The molecule has 0 heterocycles. The first kappa shape index (κ1) is 13.7. The van der Waals surface area contributed by atoms with Crippen molar-refractivity contribution in [2.75, 3.05) is 7.11 Å². The summed E-state index contributed by atoms with van der Waals surface area (Å²) in [5.74, 6) is 0.106. The molecular formula is C15H20O2. The Balaban J connectivity index is 3.08. The summed E-state index contributed by atoms with van der Waals surface area (Å²) >= 11 is 0. The van der Waals surface area contributed by atoms with Crippen LogP contribution in [0.25, 0.3) is 0 Å². The van der Waals surface area contributed by atoms with E-state index in [1.165, 1.54) is 0 Å². The van der Waals surface area contributed by atoms with E-state index in [9.17, 15) is 4.79 Å². The van der Waals surface area contributed by atoms with Crippen molar-refractivity contribution in [3.05, 3.63) is 47.0 Å². The van der Waals surface area contributed by atoms with Crippen molar-refractivity contribution in [1.29, 1.82) is 0 Å². The number of methoxy groups -OCH3 is 1. The average molecular weight is 232 g/mol. The number of carbonyl (C=O) groups excluding carboxylic acids is 1. The number of hydrogen-bond donors (Lipinski definition) is 0. The van der Waals surface area contributed by atoms with Crippen molar-refractivity contribution in [1.82, 2.24) is 0 Å². The van der Waals surface area contributed by atoms with Crippen LogP contribution in [0, 0.1) is 0 Å². The molecule has 92 valence electrons. The summed E-state index contributed by atoms with van der Waals surface area (Å²) in [6.45, 7) is 5.93. The third-order valence-electron chi connectivity index (χ3n) is 3.10. The number of carbonyl (C=O) groups is 1. The molecule has 0 saturated carbocycles. The summed E-state index contributed by atoms with van der Waals surface area (Å²) in [6.07, 6.45) is 0.713. The fraction of sp³-hybridized carbons (Fsp3) is 0.400. The number of ether oxygens (including phenoxy) is 1. The zero-order chi connectivity index (χ0) is 12.8. The molecule has 2 nitrogen and oxygen atoms in total. The molecule has 17 heavy (non-hydrogen) atoms. The smallest absolute Gasteiger partial charge is 0.189 e. The Bertz CT molecular complexity index is 404. The zero-order valence-electron chi connectivity index (χ0n) is 11.0. The van der Waals surface area contributed by atoms with E-state index in [-0.39, 0.29) is 11.9 Å². The van der Waals surface area contributed by atoms with Gasteiger partial charge in [-0.15, -0.1) is 0 Å². The fourth-order valence-electron chi connectivity index (χ4n) is 1.80. The molecule has 0 aliphatic rings. The minimum absolute atomic E-state index is 0.0161. The number of benzene rings is 1. The molecule has 0 N–H and O–H groups in total. The van der Waals surface area contributed by atoms with Gasteiger partial charge in [-0.3, -0.25) is 4.79 Å². The van der Waals surface area contributed by atoms with Gasteiger partial charge < -0.3 is 4.74 Å². The second-order valence-electron chi connectivity index (χ2n) is 4.09. The van der Waals surface area contributed by atoms with Crippen molar-refractivity contribution in [3.8, 4) is 0 Å². The molecule has 2 heteroatoms. The molecule has 0 aliphatic carbocycles. The van der Waals surface area contributed by atoms with Crippen LogP contribution in [-0.2, 0) is 4.74 Å². The lowest BCUT2D eigenvalue weighted by molar-refractivity contribution is 0.102. The van der Waals surface area contributed by atoms with Gasteiger partial charge >= 0.3 is 0 Å². The molecule has 1 unspecified atom stereocenters. The van der Waals surface area contributed by atoms with Crippen molar-refractivity contribution >= 4 is 5.78 Å². The summed E-state index contributed by atoms with van der Waals surface area (Å²) in [5, 5.41) is 0. The lowest BCUT2D eigenvalue weighted by atomic mass is 9.95. The van der Waals surface area contributed by atoms with E-state index in [1.807, 2.05) is 51.1 Å². The second-order valence-corrected chi connectivity index (χ2v) is 4.09. The van der Waals surface area contributed by atoms with Crippen LogP contribution in [0.1, 0.15) is 37.6 Å². The number of allylic oxidation sites excluding steroid dienone is 1. The van der Waals surface area contributed by atoms with Gasteiger partial charge in [-0.1, -0.05) is 37.3 Å². The number of ketones is 1. The normalized spacial score (nSPS) is 14.1. The molecule has 0 amide bonds. The summed E-state index contributed by atoms with van der Waals surface area (Å²) in [4.78, 5) is 12.3. The predicted octanol–water partition coefficient (Wildman–Crippen LogP) is 3.63. The van der Waals surface area contributed by atoms with Gasteiger partial charge in [0, 0.05) is 18.2 Å². The van der Waals surface area contributed by atoms with E-state index in [0.717, 1.165) is 23.1 Å². The van der Waals surface area contributed by atoms with Crippen molar-refractivity contribution in [2.45, 2.75) is 33.3 Å². The minimum Gasteiger partial charge on any atom is -0.377 e. The number of Topliss-reactive ketones (excluding diaryl/α,β-unsaturated/α-hetero) is 1. The van der Waals surface area contributed by atoms with Crippen LogP contribution >= 0.6 is 0 Å². The van der Waals surface area contributed by atoms with Crippen molar-refractivity contribution < 1.29 is 9.53 Å². The SMILES string of the molecule is CC/C(C(=O)c1ccccc1)=C(/C)C(C)OC. The molecule has 1 aromatic carbocycles. The van der Waals surface area contributed by atoms with E-state index in [0.29, 0.717) is 0 Å². The highest BCUT2D eigenvalue weighted by atomic mass is 16.5. The van der Waals surface area contributed by atoms with E-state index in [2.05, 4.69) is 0 Å². The first-order valence-corrected chi connectivity index (χ1v) is 5.94. The Labute approximate surface area is 103 Å². The van der Waals surface area contributed by atoms with Crippen LogP contribution in [0.5, 0.6) is 0 Å². The number of rotatable bonds is 5. The van der Waals surface area contributed by atoms with E-state index < -0.39 is 0 Å². The van der Waals surface area contributed by atoms with E-state index >= 15 is 0 Å². The third kappa shape index (κ3) is 3.27. The number of hydrogen-bond acceptors (Lipinski definition) is 2. The van der Waals surface area contributed by atoms with Gasteiger partial charge in [0.05, 0.1) is 6.10 Å². The van der Waals surface area contributed by atoms with Crippen LogP contribution < -0.4 is 0 Å². The van der Waals surface area contributed by atoms with Gasteiger partial charge in [0.15, 0.2) is 5.78 Å². The maximum Gasteiger partial charge on any atom is 0.189 e. The molecule has 0 aromatic heterocycles. The summed E-state index contributed by atoms with van der Waals surface area (Å²) in [7, 11) is 1.66. The topological polar surface area (TPSA) is 26.3 Å². The van der Waals surface area contributed by atoms with Crippen LogP contribution in [0.3, 0.4) is 0 Å². The zero-order valence-corrected chi connectivity index (χ0v) is 11.0. The van der Waals surface area contributed by atoms with Gasteiger partial charge in [-0.25, -0.2) is 0 Å². The van der Waals surface area contributed by atoms with Gasteiger partial charge in [0.1, 0.15) is 0 Å². The molecule has 1 atom stereocenters. The average Bonchev–Trinajstić information content (AvgIpc) is 2.39. The van der Waals surface area contributed by atoms with Crippen LogP contribution in [0.4, 0.5) is 0 Å². The summed E-state index contributed by atoms with van der Waals surface area (Å²) < 4.78 is 5.27. The molecule has 0 spiro atoms. The molecular weight excluding hydrogens is 212 g/mol. The monoisotopic (exact) mass is 232 g/mol. The summed E-state index contributed by atoms with van der Waals surface area (Å²) in [5.41, 5.74) is 2.61. The lowest BCUT2D eigenvalue weighted by Crippen LogP contribution is -2.13. The standard InChI is InChI=1S/C15H20O2/c1-5-14(11(2)12(3)17-4)15(16)13-9-7-6-8-10-13/h6-10,12H,5H2,1-4H3/b14-11+. The molecule has 0 aliphatic heterocycles. The molecule has 0 radical (unpaired) electrons. The van der Waals surface area contributed by atoms with Gasteiger partial charge in [0.2, 0.25) is 0 Å². The molecule has 0 saturated heterocycles. The second kappa shape index (κ2) is 6.36. The Morgan fingerprint density at radius 2 is 1.88 bits per heavy atom. The Morgan fingerprint density at radius 1 is 1.29 bits per heavy atom. The first-order valence-electron chi connectivity index (χ1n) is 5.94. The molecule has 0 fully saturated rings. The molecule has 1 aromatic rings. The molecule has 1 rings (SSSR count). The van der Waals surface area contributed by atoms with Crippen molar-refractivity contribution in [2.24, 2.45) is 0 Å². The Hall–Kier alpha value is -1.41. The Morgan fingerprint density at radius 3 is 2.35 bits per heavy atom. The minimum atomic E-state index is -0.0161.